The van der Waals surface area contributed by atoms with Gasteiger partial charge in [0.25, 0.3) is 0 Å². The van der Waals surface area contributed by atoms with Crippen molar-refractivity contribution in [2.75, 3.05) is 26.3 Å². The van der Waals surface area contributed by atoms with E-state index in [4.69, 9.17) is 4.74 Å². The maximum atomic E-state index is 11.6. The Morgan fingerprint density at radius 1 is 1.19 bits per heavy atom. The molecule has 1 aromatic carbocycles. The first-order valence-electron chi connectivity index (χ1n) is 7.81. The van der Waals surface area contributed by atoms with Gasteiger partial charge in [-0.3, -0.25) is 9.69 Å². The Morgan fingerprint density at radius 2 is 1.90 bits per heavy atom. The van der Waals surface area contributed by atoms with Gasteiger partial charge in [-0.15, -0.1) is 0 Å². The summed E-state index contributed by atoms with van der Waals surface area (Å²) in [5, 5.41) is 9.54. The number of carbonyl (C=O) groups is 1. The van der Waals surface area contributed by atoms with Gasteiger partial charge in [-0.1, -0.05) is 30.3 Å². The first-order valence-corrected chi connectivity index (χ1v) is 7.81. The fraction of sp³-hybridized carbons (Fsp3) is 0.588. The second-order valence-electron chi connectivity index (χ2n) is 6.24. The van der Waals surface area contributed by atoms with Crippen LogP contribution in [0.15, 0.2) is 30.3 Å². The minimum absolute atomic E-state index is 0.225. The molecule has 114 valence electrons. The molecule has 3 rings (SSSR count). The van der Waals surface area contributed by atoms with Gasteiger partial charge >= 0.3 is 5.97 Å². The van der Waals surface area contributed by atoms with Crippen molar-refractivity contribution in [1.82, 2.24) is 4.90 Å². The fourth-order valence-corrected chi connectivity index (χ4v) is 3.77. The number of carboxylic acids is 1. The number of nitrogens with zero attached hydrogens (tertiary/aromatic N) is 1. The summed E-state index contributed by atoms with van der Waals surface area (Å²) >= 11 is 0. The van der Waals surface area contributed by atoms with E-state index in [2.05, 4.69) is 17.0 Å². The van der Waals surface area contributed by atoms with Gasteiger partial charge in [-0.25, -0.2) is 0 Å². The van der Waals surface area contributed by atoms with Gasteiger partial charge in [-0.2, -0.15) is 0 Å². The Hall–Kier alpha value is -1.39. The molecule has 2 heterocycles. The Labute approximate surface area is 125 Å². The average molecular weight is 289 g/mol. The lowest BCUT2D eigenvalue weighted by Gasteiger charge is -2.29. The third-order valence-corrected chi connectivity index (χ3v) is 4.88. The number of rotatable bonds is 4. The second kappa shape index (κ2) is 6.58. The number of carboxylic acid groups (broad SMARTS) is 1. The summed E-state index contributed by atoms with van der Waals surface area (Å²) in [5.41, 5.74) is 1.26. The Kier molecular flexibility index (Phi) is 4.56. The van der Waals surface area contributed by atoms with Crippen LogP contribution in [0.5, 0.6) is 0 Å². The normalized spacial score (nSPS) is 27.8. The minimum atomic E-state index is -0.637. The lowest BCUT2D eigenvalue weighted by atomic mass is 9.80. The molecule has 2 aliphatic rings. The average Bonchev–Trinajstić information content (AvgIpc) is 2.93. The van der Waals surface area contributed by atoms with Crippen LogP contribution in [0, 0.1) is 17.8 Å². The quantitative estimate of drug-likeness (QED) is 0.923. The summed E-state index contributed by atoms with van der Waals surface area (Å²) in [6.45, 7) is 3.99. The van der Waals surface area contributed by atoms with Crippen molar-refractivity contribution in [1.29, 1.82) is 0 Å². The zero-order valence-corrected chi connectivity index (χ0v) is 12.3. The van der Waals surface area contributed by atoms with Crippen LogP contribution in [0.25, 0.3) is 0 Å². The zero-order chi connectivity index (χ0) is 14.7. The number of aliphatic carboxylic acids is 1. The predicted molar refractivity (Wildman–Crippen MR) is 79.9 cm³/mol. The number of hydrogen-bond donors (Lipinski definition) is 1. The molecule has 0 radical (unpaired) electrons. The lowest BCUT2D eigenvalue weighted by molar-refractivity contribution is -0.143. The van der Waals surface area contributed by atoms with E-state index in [0.717, 1.165) is 39.1 Å². The Balaban J connectivity index is 1.67. The summed E-state index contributed by atoms with van der Waals surface area (Å²) in [7, 11) is 0. The molecule has 2 aliphatic heterocycles. The van der Waals surface area contributed by atoms with Gasteiger partial charge in [0.1, 0.15) is 0 Å². The molecular weight excluding hydrogens is 266 g/mol. The summed E-state index contributed by atoms with van der Waals surface area (Å²) < 4.78 is 5.42. The zero-order valence-electron chi connectivity index (χ0n) is 12.3. The van der Waals surface area contributed by atoms with Crippen molar-refractivity contribution >= 4 is 5.97 Å². The van der Waals surface area contributed by atoms with Crippen molar-refractivity contribution in [3.05, 3.63) is 35.9 Å². The molecule has 1 aromatic rings. The molecule has 2 atom stereocenters. The van der Waals surface area contributed by atoms with Gasteiger partial charge in [0, 0.05) is 32.8 Å². The van der Waals surface area contributed by atoms with Crippen LogP contribution in [-0.2, 0) is 16.1 Å². The number of benzene rings is 1. The summed E-state index contributed by atoms with van der Waals surface area (Å²) in [4.78, 5) is 13.9. The largest absolute Gasteiger partial charge is 0.481 e. The first-order chi connectivity index (χ1) is 10.2. The molecule has 0 spiro atoms. The van der Waals surface area contributed by atoms with Gasteiger partial charge < -0.3 is 9.84 Å². The molecule has 2 unspecified atom stereocenters. The SMILES string of the molecule is O=C(O)C1CN(Cc2ccccc2)CC1C1CCOCC1. The summed E-state index contributed by atoms with van der Waals surface area (Å²) in [6.07, 6.45) is 2.02. The highest BCUT2D eigenvalue weighted by Gasteiger charge is 2.41. The highest BCUT2D eigenvalue weighted by Crippen LogP contribution is 2.36. The van der Waals surface area contributed by atoms with Crippen LogP contribution in [0.4, 0.5) is 0 Å². The maximum absolute atomic E-state index is 11.6. The van der Waals surface area contributed by atoms with Crippen molar-refractivity contribution in [2.45, 2.75) is 19.4 Å². The molecule has 2 saturated heterocycles. The van der Waals surface area contributed by atoms with E-state index in [0.29, 0.717) is 12.5 Å². The van der Waals surface area contributed by atoms with Crippen molar-refractivity contribution in [2.24, 2.45) is 17.8 Å². The standard InChI is InChI=1S/C17H23NO3/c19-17(20)16-12-18(10-13-4-2-1-3-5-13)11-15(16)14-6-8-21-9-7-14/h1-5,14-16H,6-12H2,(H,19,20). The third-order valence-electron chi connectivity index (χ3n) is 4.88. The van der Waals surface area contributed by atoms with Gasteiger partial charge in [0.05, 0.1) is 5.92 Å². The molecule has 2 fully saturated rings. The van der Waals surface area contributed by atoms with Crippen LogP contribution in [-0.4, -0.2) is 42.3 Å². The Morgan fingerprint density at radius 3 is 2.57 bits per heavy atom. The van der Waals surface area contributed by atoms with Crippen molar-refractivity contribution in [3.8, 4) is 0 Å². The highest BCUT2D eigenvalue weighted by atomic mass is 16.5. The van der Waals surface area contributed by atoms with Crippen LogP contribution in [0.2, 0.25) is 0 Å². The summed E-state index contributed by atoms with van der Waals surface area (Å²) in [6, 6.07) is 10.3. The van der Waals surface area contributed by atoms with Crippen LogP contribution < -0.4 is 0 Å². The molecule has 0 aromatic heterocycles. The van der Waals surface area contributed by atoms with Crippen molar-refractivity contribution in [3.63, 3.8) is 0 Å². The molecule has 0 saturated carbocycles. The van der Waals surface area contributed by atoms with Crippen LogP contribution >= 0.6 is 0 Å². The molecule has 0 amide bonds. The molecular formula is C17H23NO3. The number of likely N-dealkylation sites (tertiary alicyclic amines) is 1. The number of hydrogen-bond acceptors (Lipinski definition) is 3. The third kappa shape index (κ3) is 3.44. The molecule has 4 nitrogen and oxygen atoms in total. The summed E-state index contributed by atoms with van der Waals surface area (Å²) in [5.74, 6) is -0.0883. The van der Waals surface area contributed by atoms with Crippen LogP contribution in [0.3, 0.4) is 0 Å². The smallest absolute Gasteiger partial charge is 0.308 e. The molecule has 0 bridgehead atoms. The molecule has 4 heteroatoms. The highest BCUT2D eigenvalue weighted by molar-refractivity contribution is 5.71. The fourth-order valence-electron chi connectivity index (χ4n) is 3.77. The number of ether oxygens (including phenoxy) is 1. The maximum Gasteiger partial charge on any atom is 0.308 e. The van der Waals surface area contributed by atoms with E-state index in [1.807, 2.05) is 18.2 Å². The second-order valence-corrected chi connectivity index (χ2v) is 6.24. The van der Waals surface area contributed by atoms with E-state index in [1.54, 1.807) is 0 Å². The predicted octanol–water partition coefficient (Wildman–Crippen LogP) is 2.25. The van der Waals surface area contributed by atoms with E-state index >= 15 is 0 Å². The Bertz CT molecular complexity index is 470. The lowest BCUT2D eigenvalue weighted by Crippen LogP contribution is -2.31. The van der Waals surface area contributed by atoms with Crippen molar-refractivity contribution < 1.29 is 14.6 Å². The topological polar surface area (TPSA) is 49.8 Å². The first kappa shape index (κ1) is 14.5. The van der Waals surface area contributed by atoms with Gasteiger partial charge in [0.15, 0.2) is 0 Å². The van der Waals surface area contributed by atoms with E-state index in [1.165, 1.54) is 5.56 Å². The molecule has 1 N–H and O–H groups in total. The molecule has 21 heavy (non-hydrogen) atoms. The van der Waals surface area contributed by atoms with Crippen LogP contribution in [0.1, 0.15) is 18.4 Å². The van der Waals surface area contributed by atoms with E-state index < -0.39 is 5.97 Å². The van der Waals surface area contributed by atoms with Gasteiger partial charge in [-0.05, 0) is 30.2 Å². The minimum Gasteiger partial charge on any atom is -0.481 e. The molecule has 0 aliphatic carbocycles. The van der Waals surface area contributed by atoms with E-state index in [9.17, 15) is 9.90 Å². The van der Waals surface area contributed by atoms with E-state index in [-0.39, 0.29) is 11.8 Å². The monoisotopic (exact) mass is 289 g/mol. The van der Waals surface area contributed by atoms with Gasteiger partial charge in [0.2, 0.25) is 0 Å².